The molecule has 0 radical (unpaired) electrons. The van der Waals surface area contributed by atoms with Crippen LogP contribution in [0.15, 0.2) is 133 Å². The lowest BCUT2D eigenvalue weighted by Crippen LogP contribution is -2.71. The molecule has 0 unspecified atom stereocenters. The molecule has 5 aromatic rings. The summed E-state index contributed by atoms with van der Waals surface area (Å²) in [5.41, 5.74) is 5.41. The van der Waals surface area contributed by atoms with Crippen molar-refractivity contribution in [3.8, 4) is 11.1 Å². The van der Waals surface area contributed by atoms with Crippen LogP contribution in [-0.2, 0) is 18.7 Å². The van der Waals surface area contributed by atoms with Gasteiger partial charge in [-0.05, 0) is 44.4 Å². The Morgan fingerprint density at radius 2 is 1.30 bits per heavy atom. The Labute approximate surface area is 250 Å². The van der Waals surface area contributed by atoms with Gasteiger partial charge in [-0.15, -0.1) is 0 Å². The molecule has 0 amide bonds. The molecule has 0 saturated heterocycles. The highest BCUT2D eigenvalue weighted by molar-refractivity contribution is 7.07. The van der Waals surface area contributed by atoms with Crippen LogP contribution in [0, 0.1) is 5.82 Å². The molecule has 6 heteroatoms. The highest BCUT2D eigenvalue weighted by Crippen LogP contribution is 2.46. The summed E-state index contributed by atoms with van der Waals surface area (Å²) in [7, 11) is -3.20. The SMILES string of the molecule is O=C(OC1c2ccccc2-c2ccccc21)[C@H]1OCCC2=C1c1ccc(F)cc1[Si](c1ccccc1)(c1ccccc1)O2. The molecule has 4 nitrogen and oxygen atoms in total. The van der Waals surface area contributed by atoms with E-state index in [4.69, 9.17) is 13.9 Å². The first-order valence-electron chi connectivity index (χ1n) is 14.5. The maximum Gasteiger partial charge on any atom is 0.347 e. The van der Waals surface area contributed by atoms with Crippen molar-refractivity contribution in [1.29, 1.82) is 0 Å². The highest BCUT2D eigenvalue weighted by Gasteiger charge is 2.52. The molecule has 5 aromatic carbocycles. The van der Waals surface area contributed by atoms with Crippen LogP contribution in [0.1, 0.15) is 29.2 Å². The normalized spacial score (nSPS) is 18.1. The largest absolute Gasteiger partial charge is 0.533 e. The lowest BCUT2D eigenvalue weighted by molar-refractivity contribution is -0.157. The van der Waals surface area contributed by atoms with Crippen molar-refractivity contribution in [2.45, 2.75) is 18.6 Å². The lowest BCUT2D eigenvalue weighted by Gasteiger charge is -2.43. The zero-order chi connectivity index (χ0) is 29.0. The summed E-state index contributed by atoms with van der Waals surface area (Å²) in [6.45, 7) is 0.307. The summed E-state index contributed by atoms with van der Waals surface area (Å²) in [5.74, 6) is -0.139. The molecule has 1 aliphatic carbocycles. The predicted molar refractivity (Wildman–Crippen MR) is 166 cm³/mol. The number of hydrogen-bond acceptors (Lipinski definition) is 4. The van der Waals surface area contributed by atoms with Gasteiger partial charge in [0.05, 0.1) is 12.4 Å². The van der Waals surface area contributed by atoms with E-state index < -0.39 is 26.5 Å². The topological polar surface area (TPSA) is 44.8 Å². The Balaban J connectivity index is 1.25. The van der Waals surface area contributed by atoms with E-state index in [9.17, 15) is 4.79 Å². The van der Waals surface area contributed by atoms with Gasteiger partial charge in [-0.2, -0.15) is 0 Å². The van der Waals surface area contributed by atoms with Gasteiger partial charge in [-0.1, -0.05) is 115 Å². The predicted octanol–water partition coefficient (Wildman–Crippen LogP) is 5.64. The van der Waals surface area contributed by atoms with Gasteiger partial charge in [0.1, 0.15) is 5.82 Å². The van der Waals surface area contributed by atoms with Crippen LogP contribution in [0.4, 0.5) is 4.39 Å². The molecule has 3 aliphatic rings. The molecular weight excluding hydrogens is 555 g/mol. The van der Waals surface area contributed by atoms with E-state index in [1.807, 2.05) is 72.8 Å². The molecule has 0 fully saturated rings. The summed E-state index contributed by atoms with van der Waals surface area (Å²) in [5, 5.41) is 2.76. The maximum absolute atomic E-state index is 15.1. The second-order valence-corrected chi connectivity index (χ2v) is 14.3. The van der Waals surface area contributed by atoms with Crippen LogP contribution in [0.5, 0.6) is 0 Å². The first kappa shape index (κ1) is 25.9. The van der Waals surface area contributed by atoms with Crippen LogP contribution in [-0.4, -0.2) is 27.0 Å². The number of esters is 1. The van der Waals surface area contributed by atoms with Crippen molar-refractivity contribution < 1.29 is 23.1 Å². The quantitative estimate of drug-likeness (QED) is 0.203. The van der Waals surface area contributed by atoms with E-state index >= 15 is 4.39 Å². The van der Waals surface area contributed by atoms with E-state index in [2.05, 4.69) is 36.4 Å². The third-order valence-electron chi connectivity index (χ3n) is 8.69. The summed E-state index contributed by atoms with van der Waals surface area (Å²) in [6.07, 6.45) is -1.06. The third kappa shape index (κ3) is 4.02. The summed E-state index contributed by atoms with van der Waals surface area (Å²) < 4.78 is 34.8. The number of halogens is 1. The van der Waals surface area contributed by atoms with Gasteiger partial charge in [0.2, 0.25) is 0 Å². The summed E-state index contributed by atoms with van der Waals surface area (Å²) in [4.78, 5) is 14.1. The zero-order valence-corrected chi connectivity index (χ0v) is 24.2. The van der Waals surface area contributed by atoms with Gasteiger partial charge in [-0.25, -0.2) is 9.18 Å². The van der Waals surface area contributed by atoms with Crippen molar-refractivity contribution >= 4 is 35.4 Å². The van der Waals surface area contributed by atoms with Crippen molar-refractivity contribution in [2.24, 2.45) is 0 Å². The Morgan fingerprint density at radius 3 is 1.93 bits per heavy atom. The van der Waals surface area contributed by atoms with Gasteiger partial charge in [0, 0.05) is 23.1 Å². The lowest BCUT2D eigenvalue weighted by atomic mass is 9.95. The Bertz CT molecular complexity index is 1820. The molecule has 0 N–H and O–H groups in total. The molecular formula is C37H27FO4Si. The van der Waals surface area contributed by atoms with E-state index in [-0.39, 0.29) is 5.82 Å². The number of rotatable bonds is 4. The first-order valence-corrected chi connectivity index (χ1v) is 16.4. The smallest absolute Gasteiger partial charge is 0.347 e. The molecule has 1 atom stereocenters. The number of carbonyl (C=O) groups is 1. The van der Waals surface area contributed by atoms with E-state index in [0.29, 0.717) is 24.4 Å². The van der Waals surface area contributed by atoms with Crippen LogP contribution >= 0.6 is 0 Å². The summed E-state index contributed by atoms with van der Waals surface area (Å²) in [6, 6.07) is 40.9. The maximum atomic E-state index is 15.1. The van der Waals surface area contributed by atoms with Crippen LogP contribution in [0.3, 0.4) is 0 Å². The van der Waals surface area contributed by atoms with Crippen molar-refractivity contribution in [3.63, 3.8) is 0 Å². The molecule has 2 heterocycles. The Kier molecular flexibility index (Phi) is 6.13. The van der Waals surface area contributed by atoms with Crippen molar-refractivity contribution in [1.82, 2.24) is 0 Å². The average Bonchev–Trinajstić information content (AvgIpc) is 3.38. The first-order chi connectivity index (χ1) is 21.1. The van der Waals surface area contributed by atoms with Crippen molar-refractivity contribution in [2.75, 3.05) is 6.61 Å². The molecule has 0 aromatic heterocycles. The van der Waals surface area contributed by atoms with E-state index in [0.717, 1.165) is 43.4 Å². The minimum Gasteiger partial charge on any atom is -0.533 e. The van der Waals surface area contributed by atoms with Gasteiger partial charge < -0.3 is 13.9 Å². The molecule has 0 bridgehead atoms. The molecule has 0 spiro atoms. The monoisotopic (exact) mass is 582 g/mol. The van der Waals surface area contributed by atoms with Crippen molar-refractivity contribution in [3.05, 3.63) is 156 Å². The number of hydrogen-bond donors (Lipinski definition) is 0. The van der Waals surface area contributed by atoms with E-state index in [1.165, 1.54) is 6.07 Å². The molecule has 210 valence electrons. The average molecular weight is 583 g/mol. The third-order valence-corrected chi connectivity index (χ3v) is 12.7. The van der Waals surface area contributed by atoms with Crippen LogP contribution < -0.4 is 15.6 Å². The van der Waals surface area contributed by atoms with Gasteiger partial charge >= 0.3 is 14.3 Å². The minimum atomic E-state index is -3.20. The number of benzene rings is 5. The number of carbonyl (C=O) groups excluding carboxylic acids is 1. The van der Waals surface area contributed by atoms with Gasteiger partial charge in [-0.3, -0.25) is 0 Å². The molecule has 43 heavy (non-hydrogen) atoms. The standard InChI is InChI=1S/C37H27FO4Si/c38-24-19-20-31-33(23-24)43(25-11-3-1-4-12-25,26-13-5-2-6-14-26)42-32-21-22-40-36(34(31)32)37(39)41-35-29-17-9-7-15-27(29)28-16-8-10-18-30(28)35/h1-20,23,35-36H,21-22H2/t36-/m0/s1. The second-order valence-electron chi connectivity index (χ2n) is 11.0. The second kappa shape index (κ2) is 10.2. The number of fused-ring (bicyclic) bond motifs is 5. The fourth-order valence-electron chi connectivity index (χ4n) is 6.85. The van der Waals surface area contributed by atoms with E-state index in [1.54, 1.807) is 12.1 Å². The molecule has 2 aliphatic heterocycles. The minimum absolute atomic E-state index is 0.307. The highest BCUT2D eigenvalue weighted by atomic mass is 28.4. The Morgan fingerprint density at radius 1 is 0.721 bits per heavy atom. The van der Waals surface area contributed by atoms with Crippen LogP contribution in [0.25, 0.3) is 16.7 Å². The summed E-state index contributed by atoms with van der Waals surface area (Å²) >= 11 is 0. The van der Waals surface area contributed by atoms with Gasteiger partial charge in [0.15, 0.2) is 12.2 Å². The van der Waals surface area contributed by atoms with Gasteiger partial charge in [0.25, 0.3) is 0 Å². The fourth-order valence-corrected chi connectivity index (χ4v) is 11.0. The van der Waals surface area contributed by atoms with Crippen LogP contribution in [0.2, 0.25) is 0 Å². The zero-order valence-electron chi connectivity index (χ0n) is 23.2. The Hall–Kier alpha value is -4.78. The number of ether oxygens (including phenoxy) is 2. The molecule has 8 rings (SSSR count). The fraction of sp³-hybridized carbons (Fsp3) is 0.108. The molecule has 0 saturated carbocycles.